The minimum atomic E-state index is -5.77. The summed E-state index contributed by atoms with van der Waals surface area (Å²) >= 11 is 6.41. The van der Waals surface area contributed by atoms with Crippen molar-refractivity contribution in [1.29, 1.82) is 0 Å². The monoisotopic (exact) mass is 547 g/mol. The molecule has 0 saturated carbocycles. The zero-order chi connectivity index (χ0) is 27.1. The number of alkyl halides is 6. The number of halogens is 7. The fraction of sp³-hybridized carbons (Fsp3) is 0.440. The number of ketones is 2. The van der Waals surface area contributed by atoms with Crippen molar-refractivity contribution in [2.24, 2.45) is 5.92 Å². The number of carbonyl (C=O) groups excluding carboxylic acids is 2. The average molecular weight is 548 g/mol. The second-order valence-electron chi connectivity index (χ2n) is 9.41. The van der Waals surface area contributed by atoms with Gasteiger partial charge in [0.2, 0.25) is 0 Å². The Balaban J connectivity index is 0.000000229. The minimum absolute atomic E-state index is 0.651. The SMILES string of the molecule is Cc1ccc(Cl)c(Nc2cc3c4c(c2)[C@@H]2CNC[C@@H]2CN4CCC3)c1.O=C(C(=O)C(F)(F)F)C(F)(F)F. The Kier molecular flexibility index (Phi) is 7.49. The summed E-state index contributed by atoms with van der Waals surface area (Å²) in [7, 11) is 0. The summed E-state index contributed by atoms with van der Waals surface area (Å²) in [4.78, 5) is 21.9. The number of hydrogen-bond donors (Lipinski definition) is 2. The molecule has 5 nitrogen and oxygen atoms in total. The molecule has 0 radical (unpaired) electrons. The van der Waals surface area contributed by atoms with Crippen LogP contribution in [0.25, 0.3) is 0 Å². The molecule has 0 unspecified atom stereocenters. The van der Waals surface area contributed by atoms with Crippen molar-refractivity contribution in [2.75, 3.05) is 36.4 Å². The summed E-state index contributed by atoms with van der Waals surface area (Å²) in [5, 5.41) is 7.97. The molecule has 37 heavy (non-hydrogen) atoms. The van der Waals surface area contributed by atoms with Crippen molar-refractivity contribution in [3.8, 4) is 0 Å². The van der Waals surface area contributed by atoms with Crippen molar-refractivity contribution in [1.82, 2.24) is 5.32 Å². The summed E-state index contributed by atoms with van der Waals surface area (Å²) in [6, 6.07) is 10.9. The van der Waals surface area contributed by atoms with Crippen molar-refractivity contribution in [3.05, 3.63) is 52.0 Å². The van der Waals surface area contributed by atoms with Crippen molar-refractivity contribution < 1.29 is 35.9 Å². The van der Waals surface area contributed by atoms with E-state index in [-0.39, 0.29) is 0 Å². The molecule has 12 heteroatoms. The summed E-state index contributed by atoms with van der Waals surface area (Å²) in [6.45, 7) is 6.79. The normalized spacial score (nSPS) is 20.4. The maximum atomic E-state index is 11.2. The largest absolute Gasteiger partial charge is 0.458 e. The molecule has 0 bridgehead atoms. The third-order valence-corrected chi connectivity index (χ3v) is 7.05. The lowest BCUT2D eigenvalue weighted by molar-refractivity contribution is -0.193. The van der Waals surface area contributed by atoms with E-state index in [1.54, 1.807) is 0 Å². The number of Topliss-reactive ketones (excluding diaryl/α,β-unsaturated/α-hetero) is 2. The first kappa shape index (κ1) is 27.3. The highest BCUT2D eigenvalue weighted by molar-refractivity contribution is 6.41. The lowest BCUT2D eigenvalue weighted by Gasteiger charge is -2.42. The zero-order valence-corrected chi connectivity index (χ0v) is 20.4. The summed E-state index contributed by atoms with van der Waals surface area (Å²) < 4.78 is 67.0. The van der Waals surface area contributed by atoms with E-state index in [0.717, 1.165) is 29.7 Å². The molecule has 3 heterocycles. The van der Waals surface area contributed by atoms with Gasteiger partial charge in [0.1, 0.15) is 0 Å². The number of fused-ring (bicyclic) bond motifs is 2. The second kappa shape index (κ2) is 10.2. The van der Waals surface area contributed by atoms with Crippen LogP contribution in [0.3, 0.4) is 0 Å². The Morgan fingerprint density at radius 2 is 1.70 bits per heavy atom. The molecule has 2 N–H and O–H groups in total. The molecule has 2 aromatic rings. The predicted octanol–water partition coefficient (Wildman–Crippen LogP) is 5.71. The van der Waals surface area contributed by atoms with Crippen LogP contribution in [0.4, 0.5) is 43.4 Å². The molecular weight excluding hydrogens is 524 g/mol. The number of nitrogens with zero attached hydrogens (tertiary/aromatic N) is 1. The Hall–Kier alpha value is -2.79. The van der Waals surface area contributed by atoms with Crippen LogP contribution in [0, 0.1) is 12.8 Å². The first-order valence-corrected chi connectivity index (χ1v) is 12.0. The van der Waals surface area contributed by atoms with Crippen LogP contribution in [0.5, 0.6) is 0 Å². The van der Waals surface area contributed by atoms with Crippen LogP contribution in [0.2, 0.25) is 5.02 Å². The lowest BCUT2D eigenvalue weighted by atomic mass is 9.80. The van der Waals surface area contributed by atoms with Crippen LogP contribution >= 0.6 is 11.6 Å². The average Bonchev–Trinajstić information content (AvgIpc) is 3.29. The molecule has 1 fully saturated rings. The van der Waals surface area contributed by atoms with Gasteiger partial charge in [0, 0.05) is 43.5 Å². The highest BCUT2D eigenvalue weighted by Gasteiger charge is 2.54. The minimum Gasteiger partial charge on any atom is -0.371 e. The smallest absolute Gasteiger partial charge is 0.371 e. The number of hydrogen-bond acceptors (Lipinski definition) is 5. The molecular formula is C25H24ClF6N3O2. The maximum Gasteiger partial charge on any atom is 0.458 e. The van der Waals surface area contributed by atoms with Gasteiger partial charge < -0.3 is 15.5 Å². The molecule has 3 aliphatic rings. The maximum absolute atomic E-state index is 11.2. The number of nitrogens with one attached hydrogen (secondary N) is 2. The zero-order valence-electron chi connectivity index (χ0n) is 19.7. The molecule has 2 aromatic carbocycles. The van der Waals surface area contributed by atoms with Crippen molar-refractivity contribution >= 4 is 40.2 Å². The van der Waals surface area contributed by atoms with Gasteiger partial charge in [0.05, 0.1) is 10.7 Å². The Morgan fingerprint density at radius 1 is 1.03 bits per heavy atom. The molecule has 200 valence electrons. The van der Waals surface area contributed by atoms with E-state index in [4.69, 9.17) is 11.6 Å². The molecule has 2 atom stereocenters. The summed E-state index contributed by atoms with van der Waals surface area (Å²) in [5.74, 6) is -5.42. The predicted molar refractivity (Wildman–Crippen MR) is 128 cm³/mol. The van der Waals surface area contributed by atoms with E-state index >= 15 is 0 Å². The van der Waals surface area contributed by atoms with Crippen LogP contribution in [-0.2, 0) is 16.0 Å². The molecule has 0 aromatic heterocycles. The van der Waals surface area contributed by atoms with E-state index < -0.39 is 23.9 Å². The van der Waals surface area contributed by atoms with E-state index in [1.807, 2.05) is 6.07 Å². The second-order valence-corrected chi connectivity index (χ2v) is 9.82. The molecule has 3 aliphatic heterocycles. The molecule has 0 amide bonds. The van der Waals surface area contributed by atoms with Gasteiger partial charge >= 0.3 is 23.9 Å². The van der Waals surface area contributed by atoms with Gasteiger partial charge in [-0.3, -0.25) is 9.59 Å². The fourth-order valence-electron chi connectivity index (χ4n) is 5.12. The first-order chi connectivity index (χ1) is 17.3. The number of anilines is 3. The molecule has 5 rings (SSSR count). The summed E-state index contributed by atoms with van der Waals surface area (Å²) in [5.41, 5.74) is 7.95. The Labute approximate surface area is 214 Å². The van der Waals surface area contributed by atoms with Gasteiger partial charge in [0.25, 0.3) is 0 Å². The number of rotatable bonds is 3. The number of aryl methyl sites for hydroxylation is 2. The quantitative estimate of drug-likeness (QED) is 0.381. The first-order valence-electron chi connectivity index (χ1n) is 11.6. The van der Waals surface area contributed by atoms with Gasteiger partial charge in [-0.15, -0.1) is 0 Å². The number of carbonyl (C=O) groups is 2. The van der Waals surface area contributed by atoms with E-state index in [0.29, 0.717) is 5.92 Å². The van der Waals surface area contributed by atoms with Crippen LogP contribution in [0.1, 0.15) is 29.0 Å². The standard InChI is InChI=1S/C21H24ClN3.C4F6O2/c1-13-4-5-19(22)20(7-13)24-16-8-14-3-2-6-25-12-15-10-23-11-18(15)17(9-16)21(14)25;5-3(6,7)1(11)2(12)4(8,9)10/h4-5,7-9,15,18,23-24H,2-3,6,10-12H2,1H3;/t15-,18-;/m1./s1. The van der Waals surface area contributed by atoms with Gasteiger partial charge in [-0.05, 0) is 66.6 Å². The number of benzene rings is 2. The topological polar surface area (TPSA) is 61.4 Å². The van der Waals surface area contributed by atoms with Gasteiger partial charge in [-0.2, -0.15) is 26.3 Å². The van der Waals surface area contributed by atoms with Crippen molar-refractivity contribution in [3.63, 3.8) is 0 Å². The van der Waals surface area contributed by atoms with Gasteiger partial charge in [0.15, 0.2) is 0 Å². The lowest BCUT2D eigenvalue weighted by Crippen LogP contribution is -2.41. The molecule has 0 aliphatic carbocycles. The molecule has 0 spiro atoms. The van der Waals surface area contributed by atoms with Crippen LogP contribution in [0.15, 0.2) is 30.3 Å². The molecule has 1 saturated heterocycles. The fourth-order valence-corrected chi connectivity index (χ4v) is 5.29. The highest BCUT2D eigenvalue weighted by Crippen LogP contribution is 2.46. The van der Waals surface area contributed by atoms with E-state index in [1.165, 1.54) is 54.0 Å². The highest BCUT2D eigenvalue weighted by atomic mass is 35.5. The van der Waals surface area contributed by atoms with Crippen molar-refractivity contribution in [2.45, 2.75) is 38.0 Å². The third-order valence-electron chi connectivity index (χ3n) is 6.72. The van der Waals surface area contributed by atoms with Gasteiger partial charge in [-0.1, -0.05) is 17.7 Å². The van der Waals surface area contributed by atoms with E-state index in [9.17, 15) is 35.9 Å². The van der Waals surface area contributed by atoms with Crippen LogP contribution < -0.4 is 15.5 Å². The van der Waals surface area contributed by atoms with Gasteiger partial charge in [-0.25, -0.2) is 0 Å². The summed E-state index contributed by atoms with van der Waals surface area (Å²) in [6.07, 6.45) is -9.11. The van der Waals surface area contributed by atoms with E-state index in [2.05, 4.69) is 46.7 Å². The Morgan fingerprint density at radius 3 is 2.35 bits per heavy atom. The Bertz CT molecular complexity index is 1190. The van der Waals surface area contributed by atoms with Crippen LogP contribution in [-0.4, -0.2) is 50.1 Å². The third kappa shape index (κ3) is 5.87.